The van der Waals surface area contributed by atoms with Crippen LogP contribution in [0.4, 0.5) is 17.6 Å². The molecule has 1 atom stereocenters. The molecular formula is C22H25F4N5O2. The van der Waals surface area contributed by atoms with E-state index in [1.807, 2.05) is 0 Å². The highest BCUT2D eigenvalue weighted by molar-refractivity contribution is 5.95. The summed E-state index contributed by atoms with van der Waals surface area (Å²) in [6, 6.07) is 4.46. The molecule has 0 saturated heterocycles. The van der Waals surface area contributed by atoms with E-state index in [-0.39, 0.29) is 31.0 Å². The molecule has 3 N–H and O–H groups in total. The zero-order chi connectivity index (χ0) is 24.4. The predicted molar refractivity (Wildman–Crippen MR) is 113 cm³/mol. The number of nitrogens with zero attached hydrogens (tertiary/aromatic N) is 3. The number of fused-ring (bicyclic) bond motifs is 1. The smallest absolute Gasteiger partial charge is 0.389 e. The van der Waals surface area contributed by atoms with Gasteiger partial charge in [-0.25, -0.2) is 9.37 Å². The van der Waals surface area contributed by atoms with Crippen molar-refractivity contribution in [2.45, 2.75) is 51.9 Å². The van der Waals surface area contributed by atoms with Crippen LogP contribution in [0, 0.1) is 19.7 Å². The maximum absolute atomic E-state index is 13.9. The van der Waals surface area contributed by atoms with Crippen molar-refractivity contribution in [3.63, 3.8) is 0 Å². The van der Waals surface area contributed by atoms with Crippen LogP contribution in [0.1, 0.15) is 47.2 Å². The number of ether oxygens (including phenoxy) is 1. The summed E-state index contributed by atoms with van der Waals surface area (Å²) in [7, 11) is 0. The molecule has 0 bridgehead atoms. The second-order valence-corrected chi connectivity index (χ2v) is 8.29. The number of amides is 1. The van der Waals surface area contributed by atoms with Crippen LogP contribution in [0.5, 0.6) is 5.75 Å². The lowest BCUT2D eigenvalue weighted by Gasteiger charge is -2.25. The van der Waals surface area contributed by atoms with Crippen molar-refractivity contribution in [3.8, 4) is 5.75 Å². The fraction of sp³-hybridized carbons (Fsp3) is 0.409. The molecular weight excluding hydrogens is 442 g/mol. The van der Waals surface area contributed by atoms with E-state index in [0.29, 0.717) is 17.1 Å². The van der Waals surface area contributed by atoms with Gasteiger partial charge in [-0.15, -0.1) is 0 Å². The molecule has 0 aliphatic heterocycles. The normalized spacial score (nSPS) is 13.7. The van der Waals surface area contributed by atoms with Crippen molar-refractivity contribution in [1.29, 1.82) is 0 Å². The molecule has 0 aromatic carbocycles. The van der Waals surface area contributed by atoms with E-state index < -0.39 is 29.9 Å². The number of carbonyl (C=O) groups is 1. The highest BCUT2D eigenvalue weighted by Gasteiger charge is 2.32. The minimum atomic E-state index is -4.32. The van der Waals surface area contributed by atoms with E-state index in [4.69, 9.17) is 10.5 Å². The first-order chi connectivity index (χ1) is 15.4. The molecule has 3 aromatic heterocycles. The predicted octanol–water partition coefficient (Wildman–Crippen LogP) is 3.85. The van der Waals surface area contributed by atoms with E-state index in [9.17, 15) is 22.4 Å². The monoisotopic (exact) mass is 467 g/mol. The molecule has 3 rings (SSSR count). The summed E-state index contributed by atoms with van der Waals surface area (Å²) in [6.45, 7) is 4.59. The lowest BCUT2D eigenvalue weighted by Crippen LogP contribution is -2.48. The second kappa shape index (κ2) is 9.34. The van der Waals surface area contributed by atoms with Crippen molar-refractivity contribution in [2.75, 3.05) is 6.54 Å². The zero-order valence-corrected chi connectivity index (χ0v) is 18.5. The molecule has 0 fully saturated rings. The van der Waals surface area contributed by atoms with Gasteiger partial charge in [0.15, 0.2) is 11.4 Å². The minimum absolute atomic E-state index is 0.125. The summed E-state index contributed by atoms with van der Waals surface area (Å²) >= 11 is 0. The van der Waals surface area contributed by atoms with Gasteiger partial charge in [0.2, 0.25) is 0 Å². The van der Waals surface area contributed by atoms with Crippen LogP contribution in [-0.2, 0) is 6.61 Å². The van der Waals surface area contributed by atoms with E-state index in [2.05, 4.69) is 15.3 Å². The minimum Gasteiger partial charge on any atom is -0.483 e. The third kappa shape index (κ3) is 6.19. The lowest BCUT2D eigenvalue weighted by atomic mass is 9.97. The Labute approximate surface area is 188 Å². The molecule has 0 aliphatic carbocycles. The van der Waals surface area contributed by atoms with E-state index in [0.717, 1.165) is 5.56 Å². The number of pyridine rings is 2. The van der Waals surface area contributed by atoms with E-state index in [1.54, 1.807) is 26.1 Å². The van der Waals surface area contributed by atoms with Crippen LogP contribution in [0.25, 0.3) is 5.65 Å². The van der Waals surface area contributed by atoms with Crippen molar-refractivity contribution in [3.05, 3.63) is 59.1 Å². The number of carbonyl (C=O) groups excluding carboxylic acids is 1. The Morgan fingerprint density at radius 3 is 2.67 bits per heavy atom. The fourth-order valence-electron chi connectivity index (χ4n) is 3.29. The van der Waals surface area contributed by atoms with Gasteiger partial charge in [0.1, 0.15) is 23.8 Å². The molecule has 11 heteroatoms. The molecule has 7 nitrogen and oxygen atoms in total. The van der Waals surface area contributed by atoms with Gasteiger partial charge in [0.05, 0.1) is 5.69 Å². The number of nitrogens with one attached hydrogen (secondary N) is 1. The average molecular weight is 467 g/mol. The molecule has 0 spiro atoms. The first-order valence-corrected chi connectivity index (χ1v) is 10.2. The summed E-state index contributed by atoms with van der Waals surface area (Å²) < 4.78 is 58.7. The number of halogens is 4. The number of aryl methyl sites for hydroxylation is 2. The highest BCUT2D eigenvalue weighted by atomic mass is 19.4. The molecule has 1 unspecified atom stereocenters. The maximum atomic E-state index is 13.9. The molecule has 3 heterocycles. The molecule has 178 valence electrons. The summed E-state index contributed by atoms with van der Waals surface area (Å²) in [5, 5.41) is 2.61. The number of hydrogen-bond acceptors (Lipinski definition) is 5. The number of alkyl halides is 3. The van der Waals surface area contributed by atoms with Gasteiger partial charge in [0.25, 0.3) is 5.91 Å². The fourth-order valence-corrected chi connectivity index (χ4v) is 3.29. The summed E-state index contributed by atoms with van der Waals surface area (Å²) in [4.78, 5) is 21.2. The molecule has 0 saturated carbocycles. The molecule has 3 aromatic rings. The van der Waals surface area contributed by atoms with Crippen LogP contribution in [0.15, 0.2) is 30.6 Å². The van der Waals surface area contributed by atoms with Gasteiger partial charge >= 0.3 is 6.18 Å². The number of nitrogens with two attached hydrogens (primary N) is 1. The van der Waals surface area contributed by atoms with Crippen LogP contribution >= 0.6 is 0 Å². The third-order valence-electron chi connectivity index (χ3n) is 5.04. The summed E-state index contributed by atoms with van der Waals surface area (Å²) in [5.41, 5.74) is 6.50. The highest BCUT2D eigenvalue weighted by Crippen LogP contribution is 2.26. The first-order valence-electron chi connectivity index (χ1n) is 10.2. The van der Waals surface area contributed by atoms with Crippen LogP contribution in [0.2, 0.25) is 0 Å². The van der Waals surface area contributed by atoms with Gasteiger partial charge in [-0.05, 0) is 51.0 Å². The van der Waals surface area contributed by atoms with Gasteiger partial charge in [-0.3, -0.25) is 14.2 Å². The standard InChI is InChI=1S/C22H25F4N5O2/c1-13-9-17(33-11-16-15(23)5-4-8-28-16)19-30-14(2)18(31(19)10-13)20(32)29-12-21(3,27)6-7-22(24,25)26/h4-5,8-10H,6-7,11-12,27H2,1-3H3,(H,29,32). The van der Waals surface area contributed by atoms with E-state index >= 15 is 0 Å². The van der Waals surface area contributed by atoms with Crippen molar-refractivity contribution >= 4 is 11.6 Å². The topological polar surface area (TPSA) is 94.5 Å². The Hall–Kier alpha value is -3.21. The second-order valence-electron chi connectivity index (χ2n) is 8.29. The molecule has 33 heavy (non-hydrogen) atoms. The van der Waals surface area contributed by atoms with Crippen LogP contribution < -0.4 is 15.8 Å². The van der Waals surface area contributed by atoms with Gasteiger partial charge in [-0.2, -0.15) is 13.2 Å². The number of imidazole rings is 1. The SMILES string of the molecule is Cc1cc(OCc2ncccc2F)c2nc(C)c(C(=O)NCC(C)(N)CCC(F)(F)F)n2c1. The Morgan fingerprint density at radius 2 is 2.00 bits per heavy atom. The maximum Gasteiger partial charge on any atom is 0.389 e. The Bertz CT molecular complexity index is 1160. The van der Waals surface area contributed by atoms with Crippen LogP contribution in [-0.4, -0.2) is 38.5 Å². The lowest BCUT2D eigenvalue weighted by molar-refractivity contribution is -0.137. The Balaban J connectivity index is 1.80. The van der Waals surface area contributed by atoms with Crippen LogP contribution in [0.3, 0.4) is 0 Å². The molecule has 0 aliphatic rings. The third-order valence-corrected chi connectivity index (χ3v) is 5.04. The van der Waals surface area contributed by atoms with Crippen molar-refractivity contribution < 1.29 is 27.1 Å². The summed E-state index contributed by atoms with van der Waals surface area (Å²) in [6.07, 6.45) is -2.56. The van der Waals surface area contributed by atoms with Crippen molar-refractivity contribution in [1.82, 2.24) is 19.7 Å². The molecule has 1 amide bonds. The molecule has 0 radical (unpaired) electrons. The van der Waals surface area contributed by atoms with E-state index in [1.165, 1.54) is 29.7 Å². The number of aromatic nitrogens is 3. The van der Waals surface area contributed by atoms with Crippen molar-refractivity contribution in [2.24, 2.45) is 5.73 Å². The Kier molecular flexibility index (Phi) is 6.92. The first kappa shape index (κ1) is 24.4. The zero-order valence-electron chi connectivity index (χ0n) is 18.5. The Morgan fingerprint density at radius 1 is 1.27 bits per heavy atom. The summed E-state index contributed by atoms with van der Waals surface area (Å²) in [5.74, 6) is -0.705. The number of hydrogen-bond donors (Lipinski definition) is 2. The van der Waals surface area contributed by atoms with Gasteiger partial charge in [-0.1, -0.05) is 0 Å². The number of rotatable bonds is 8. The quantitative estimate of drug-likeness (QED) is 0.491. The van der Waals surface area contributed by atoms with Gasteiger partial charge in [0, 0.05) is 30.9 Å². The van der Waals surface area contributed by atoms with Gasteiger partial charge < -0.3 is 15.8 Å². The average Bonchev–Trinajstić information content (AvgIpc) is 3.05. The largest absolute Gasteiger partial charge is 0.483 e.